The molecule has 8 heteroatoms. The third-order valence-corrected chi connectivity index (χ3v) is 6.19. The van der Waals surface area contributed by atoms with E-state index in [4.69, 9.17) is 18.9 Å². The largest absolute Gasteiger partial charge is 0.508 e. The monoisotopic (exact) mass is 484 g/mol. The van der Waals surface area contributed by atoms with Gasteiger partial charge in [-0.15, -0.1) is 0 Å². The van der Waals surface area contributed by atoms with Crippen molar-refractivity contribution in [1.29, 1.82) is 0 Å². The van der Waals surface area contributed by atoms with Crippen LogP contribution in [0.5, 0.6) is 23.0 Å². The Bertz CT molecular complexity index is 1010. The number of ether oxygens (including phenoxy) is 4. The summed E-state index contributed by atoms with van der Waals surface area (Å²) < 4.78 is 22.8. The molecule has 1 saturated heterocycles. The van der Waals surface area contributed by atoms with Gasteiger partial charge in [-0.25, -0.2) is 0 Å². The minimum absolute atomic E-state index is 0.0228. The van der Waals surface area contributed by atoms with Gasteiger partial charge in [0.05, 0.1) is 26.9 Å². The fraction of sp³-hybridized carbons (Fsp3) is 0.519. The highest BCUT2D eigenvalue weighted by Gasteiger charge is 2.31. The van der Waals surface area contributed by atoms with Crippen LogP contribution in [0.1, 0.15) is 31.4 Å². The maximum atomic E-state index is 13.6. The van der Waals surface area contributed by atoms with Crippen LogP contribution in [0, 0.1) is 5.92 Å². The minimum Gasteiger partial charge on any atom is -0.508 e. The number of hydrogen-bond donors (Lipinski definition) is 1. The van der Waals surface area contributed by atoms with Crippen molar-refractivity contribution >= 4 is 5.91 Å². The van der Waals surface area contributed by atoms with Crippen LogP contribution in [0.15, 0.2) is 36.4 Å². The average molecular weight is 485 g/mol. The normalized spacial score (nSPS) is 18.2. The molecule has 35 heavy (non-hydrogen) atoms. The quantitative estimate of drug-likeness (QED) is 0.615. The molecule has 2 heterocycles. The second-order valence-electron chi connectivity index (χ2n) is 9.53. The molecule has 190 valence electrons. The predicted octanol–water partition coefficient (Wildman–Crippen LogP) is 3.45. The molecule has 8 nitrogen and oxygen atoms in total. The SMILES string of the molecule is COc1ccc(O)c(CN2CCO[C@@H](C(=O)N(Cc3ccc4c(c3)OCCCO4)CC(C)C)C2)c1. The van der Waals surface area contributed by atoms with Gasteiger partial charge in [-0.2, -0.15) is 0 Å². The van der Waals surface area contributed by atoms with Crippen LogP contribution in [0.3, 0.4) is 0 Å². The summed E-state index contributed by atoms with van der Waals surface area (Å²) in [4.78, 5) is 17.6. The molecule has 0 spiro atoms. The molecule has 1 fully saturated rings. The minimum atomic E-state index is -0.560. The van der Waals surface area contributed by atoms with Gasteiger partial charge in [0.2, 0.25) is 0 Å². The molecule has 2 aromatic rings. The fourth-order valence-electron chi connectivity index (χ4n) is 4.46. The van der Waals surface area contributed by atoms with Crippen LogP contribution in [-0.2, 0) is 22.6 Å². The number of phenols is 1. The highest BCUT2D eigenvalue weighted by atomic mass is 16.5. The molecule has 0 saturated carbocycles. The molecule has 0 bridgehead atoms. The smallest absolute Gasteiger partial charge is 0.253 e. The van der Waals surface area contributed by atoms with Gasteiger partial charge >= 0.3 is 0 Å². The molecule has 1 N–H and O–H groups in total. The average Bonchev–Trinajstić information content (AvgIpc) is 3.09. The van der Waals surface area contributed by atoms with Crippen molar-refractivity contribution in [3.05, 3.63) is 47.5 Å². The molecule has 0 aliphatic carbocycles. The van der Waals surface area contributed by atoms with Gasteiger partial charge in [0.1, 0.15) is 17.6 Å². The van der Waals surface area contributed by atoms with Crippen molar-refractivity contribution in [1.82, 2.24) is 9.80 Å². The summed E-state index contributed by atoms with van der Waals surface area (Å²) in [7, 11) is 1.60. The van der Waals surface area contributed by atoms with Crippen molar-refractivity contribution < 1.29 is 28.8 Å². The fourth-order valence-corrected chi connectivity index (χ4v) is 4.46. The summed E-state index contributed by atoms with van der Waals surface area (Å²) in [6.45, 7) is 8.71. The molecule has 2 aromatic carbocycles. The molecule has 1 amide bonds. The van der Waals surface area contributed by atoms with Crippen molar-refractivity contribution in [3.8, 4) is 23.0 Å². The van der Waals surface area contributed by atoms with Gasteiger partial charge in [0.15, 0.2) is 11.5 Å². The Kier molecular flexibility index (Phi) is 8.36. The van der Waals surface area contributed by atoms with Gasteiger partial charge in [0, 0.05) is 44.7 Å². The first kappa shape index (κ1) is 25.1. The van der Waals surface area contributed by atoms with E-state index in [9.17, 15) is 9.90 Å². The number of phenolic OH excluding ortho intramolecular Hbond substituents is 1. The van der Waals surface area contributed by atoms with Gasteiger partial charge < -0.3 is 29.0 Å². The van der Waals surface area contributed by atoms with Crippen LogP contribution in [-0.4, -0.2) is 73.5 Å². The summed E-state index contributed by atoms with van der Waals surface area (Å²) in [6.07, 6.45) is 0.293. The maximum absolute atomic E-state index is 13.6. The lowest BCUT2D eigenvalue weighted by atomic mass is 10.1. The van der Waals surface area contributed by atoms with E-state index in [0.29, 0.717) is 64.2 Å². The topological polar surface area (TPSA) is 80.7 Å². The Hall–Kier alpha value is -2.97. The van der Waals surface area contributed by atoms with Crippen LogP contribution >= 0.6 is 0 Å². The van der Waals surface area contributed by atoms with E-state index in [1.54, 1.807) is 19.2 Å². The third-order valence-electron chi connectivity index (χ3n) is 6.19. The van der Waals surface area contributed by atoms with Crippen molar-refractivity contribution in [2.24, 2.45) is 5.92 Å². The number of fused-ring (bicyclic) bond motifs is 1. The Morgan fingerprint density at radius 3 is 2.71 bits per heavy atom. The molecule has 2 aliphatic rings. The predicted molar refractivity (Wildman–Crippen MR) is 132 cm³/mol. The molecular weight excluding hydrogens is 448 g/mol. The van der Waals surface area contributed by atoms with E-state index in [1.807, 2.05) is 29.2 Å². The van der Waals surface area contributed by atoms with Gasteiger partial charge in [-0.1, -0.05) is 19.9 Å². The number of amides is 1. The zero-order chi connectivity index (χ0) is 24.8. The molecule has 0 unspecified atom stereocenters. The lowest BCUT2D eigenvalue weighted by molar-refractivity contribution is -0.151. The highest BCUT2D eigenvalue weighted by molar-refractivity contribution is 5.81. The molecule has 2 aliphatic heterocycles. The number of carbonyl (C=O) groups excluding carboxylic acids is 1. The number of methoxy groups -OCH3 is 1. The van der Waals surface area contributed by atoms with E-state index in [2.05, 4.69) is 18.7 Å². The second kappa shape index (κ2) is 11.6. The Morgan fingerprint density at radius 2 is 1.94 bits per heavy atom. The van der Waals surface area contributed by atoms with E-state index < -0.39 is 6.10 Å². The second-order valence-corrected chi connectivity index (χ2v) is 9.53. The first-order valence-electron chi connectivity index (χ1n) is 12.3. The zero-order valence-corrected chi connectivity index (χ0v) is 20.9. The van der Waals surface area contributed by atoms with E-state index in [1.165, 1.54) is 0 Å². The lowest BCUT2D eigenvalue weighted by Gasteiger charge is -2.35. The first-order chi connectivity index (χ1) is 16.9. The zero-order valence-electron chi connectivity index (χ0n) is 20.9. The van der Waals surface area contributed by atoms with E-state index in [-0.39, 0.29) is 11.7 Å². The summed E-state index contributed by atoms with van der Waals surface area (Å²) in [5.74, 6) is 2.68. The third kappa shape index (κ3) is 6.58. The molecule has 1 atom stereocenters. The number of hydrogen-bond acceptors (Lipinski definition) is 7. The van der Waals surface area contributed by atoms with Crippen LogP contribution in [0.25, 0.3) is 0 Å². The van der Waals surface area contributed by atoms with Crippen molar-refractivity contribution in [3.63, 3.8) is 0 Å². The number of morpholine rings is 1. The van der Waals surface area contributed by atoms with Gasteiger partial charge in [0.25, 0.3) is 5.91 Å². The molecule has 4 rings (SSSR count). The number of aromatic hydroxyl groups is 1. The Labute approximate surface area is 207 Å². The first-order valence-corrected chi connectivity index (χ1v) is 12.3. The Balaban J connectivity index is 1.45. The lowest BCUT2D eigenvalue weighted by Crippen LogP contribution is -2.51. The van der Waals surface area contributed by atoms with Crippen LogP contribution in [0.4, 0.5) is 0 Å². The highest BCUT2D eigenvalue weighted by Crippen LogP contribution is 2.31. The van der Waals surface area contributed by atoms with Gasteiger partial charge in [-0.05, 0) is 41.8 Å². The summed E-state index contributed by atoms with van der Waals surface area (Å²) in [6, 6.07) is 11.1. The molecular formula is C27H36N2O6. The number of benzene rings is 2. The molecule has 0 radical (unpaired) electrons. The summed E-state index contributed by atoms with van der Waals surface area (Å²) in [5, 5.41) is 10.3. The number of rotatable bonds is 8. The van der Waals surface area contributed by atoms with Crippen LogP contribution < -0.4 is 14.2 Å². The van der Waals surface area contributed by atoms with Gasteiger partial charge in [-0.3, -0.25) is 9.69 Å². The van der Waals surface area contributed by atoms with Crippen molar-refractivity contribution in [2.75, 3.05) is 46.6 Å². The maximum Gasteiger partial charge on any atom is 0.253 e. The number of nitrogens with zero attached hydrogens (tertiary/aromatic N) is 2. The van der Waals surface area contributed by atoms with E-state index >= 15 is 0 Å². The van der Waals surface area contributed by atoms with E-state index in [0.717, 1.165) is 29.0 Å². The summed E-state index contributed by atoms with van der Waals surface area (Å²) in [5.41, 5.74) is 1.76. The van der Waals surface area contributed by atoms with Crippen molar-refractivity contribution in [2.45, 2.75) is 39.5 Å². The summed E-state index contributed by atoms with van der Waals surface area (Å²) >= 11 is 0. The number of carbonyl (C=O) groups is 1. The Morgan fingerprint density at radius 1 is 1.14 bits per heavy atom. The molecule has 0 aromatic heterocycles. The van der Waals surface area contributed by atoms with Crippen LogP contribution in [0.2, 0.25) is 0 Å². The standard InChI is InChI=1S/C27H36N2O6/c1-19(2)15-29(16-20-5-8-24-25(13-20)34-11-4-10-33-24)27(31)26-18-28(9-12-35-26)17-21-14-22(32-3)6-7-23(21)30/h5-8,13-14,19,26,30H,4,9-12,15-18H2,1-3H3/t26-/m1/s1.